The minimum atomic E-state index is 0.0261. The summed E-state index contributed by atoms with van der Waals surface area (Å²) in [6.07, 6.45) is 5.15. The Morgan fingerprint density at radius 2 is 2.35 bits per heavy atom. The Morgan fingerprint density at radius 1 is 1.55 bits per heavy atom. The van der Waals surface area contributed by atoms with Gasteiger partial charge in [-0.3, -0.25) is 9.48 Å². The lowest BCUT2D eigenvalue weighted by Gasteiger charge is -2.22. The molecule has 1 aliphatic rings. The number of rotatable bonds is 6. The van der Waals surface area contributed by atoms with E-state index in [0.717, 1.165) is 32.4 Å². The van der Waals surface area contributed by atoms with Crippen molar-refractivity contribution < 1.29 is 9.53 Å². The summed E-state index contributed by atoms with van der Waals surface area (Å²) >= 11 is 6.11. The number of Topliss-reactive ketones (excluding diaryl/α,β-unsaturated/α-hetero) is 1. The topological polar surface area (TPSA) is 47.4 Å². The second-order valence-electron chi connectivity index (χ2n) is 5.48. The smallest absolute Gasteiger partial charge is 0.184 e. The van der Waals surface area contributed by atoms with Crippen LogP contribution in [0.5, 0.6) is 0 Å². The lowest BCUT2D eigenvalue weighted by Crippen LogP contribution is -2.25. The van der Waals surface area contributed by atoms with Crippen molar-refractivity contribution in [3.63, 3.8) is 0 Å². The number of likely N-dealkylation sites (N-methyl/N-ethyl adjacent to an activating group) is 1. The summed E-state index contributed by atoms with van der Waals surface area (Å²) in [5.74, 6) is 0.0261. The van der Waals surface area contributed by atoms with E-state index in [4.69, 9.17) is 16.3 Å². The predicted octanol–water partition coefficient (Wildman–Crippen LogP) is 2.24. The molecule has 20 heavy (non-hydrogen) atoms. The number of halogens is 1. The van der Waals surface area contributed by atoms with Gasteiger partial charge in [0.05, 0.1) is 23.9 Å². The largest absolute Gasteiger partial charge is 0.378 e. The first-order chi connectivity index (χ1) is 9.58. The first-order valence-electron chi connectivity index (χ1n) is 7.08. The average molecular weight is 300 g/mol. The Morgan fingerprint density at radius 3 is 3.00 bits per heavy atom. The maximum atomic E-state index is 12.4. The summed E-state index contributed by atoms with van der Waals surface area (Å²) in [4.78, 5) is 14.5. The van der Waals surface area contributed by atoms with Crippen LogP contribution in [-0.2, 0) is 11.3 Å². The third-order valence-corrected chi connectivity index (χ3v) is 3.78. The Kier molecular flexibility index (Phi) is 5.57. The molecule has 0 saturated carbocycles. The van der Waals surface area contributed by atoms with E-state index >= 15 is 0 Å². The molecule has 0 N–H and O–H groups in total. The van der Waals surface area contributed by atoms with Crippen molar-refractivity contribution >= 4 is 17.4 Å². The normalized spacial score (nSPS) is 19.5. The molecule has 0 spiro atoms. The third kappa shape index (κ3) is 4.04. The molecule has 2 heterocycles. The van der Waals surface area contributed by atoms with Crippen molar-refractivity contribution in [3.05, 3.63) is 16.9 Å². The summed E-state index contributed by atoms with van der Waals surface area (Å²) in [5, 5.41) is 4.63. The summed E-state index contributed by atoms with van der Waals surface area (Å²) in [5.41, 5.74) is 0.516. The first-order valence-corrected chi connectivity index (χ1v) is 7.46. The van der Waals surface area contributed by atoms with E-state index in [1.54, 1.807) is 10.9 Å². The zero-order valence-electron chi connectivity index (χ0n) is 12.1. The molecule has 1 aromatic rings. The molecule has 112 valence electrons. The molecule has 0 bridgehead atoms. The van der Waals surface area contributed by atoms with Crippen molar-refractivity contribution in [2.45, 2.75) is 38.3 Å². The SMILES string of the molecule is CN(C)CCn1ncc(Cl)c1C(=O)CC1CCCCO1. The van der Waals surface area contributed by atoms with E-state index in [0.29, 0.717) is 23.7 Å². The van der Waals surface area contributed by atoms with E-state index in [2.05, 4.69) is 5.10 Å². The van der Waals surface area contributed by atoms with Crippen LogP contribution in [0.25, 0.3) is 0 Å². The third-order valence-electron chi connectivity index (χ3n) is 3.50. The van der Waals surface area contributed by atoms with Crippen LogP contribution < -0.4 is 0 Å². The van der Waals surface area contributed by atoms with Gasteiger partial charge in [0.2, 0.25) is 0 Å². The number of ketones is 1. The van der Waals surface area contributed by atoms with Crippen LogP contribution >= 0.6 is 11.6 Å². The summed E-state index contributed by atoms with van der Waals surface area (Å²) in [6.45, 7) is 2.23. The van der Waals surface area contributed by atoms with Gasteiger partial charge in [-0.1, -0.05) is 11.6 Å². The molecule has 0 radical (unpaired) electrons. The van der Waals surface area contributed by atoms with Crippen molar-refractivity contribution in [2.24, 2.45) is 0 Å². The van der Waals surface area contributed by atoms with Crippen molar-refractivity contribution in [2.75, 3.05) is 27.2 Å². The molecule has 1 atom stereocenters. The van der Waals surface area contributed by atoms with Gasteiger partial charge in [0.1, 0.15) is 5.69 Å². The maximum absolute atomic E-state index is 12.4. The number of hydrogen-bond donors (Lipinski definition) is 0. The molecular formula is C14H22ClN3O2. The van der Waals surface area contributed by atoms with Crippen molar-refractivity contribution in [1.29, 1.82) is 0 Å². The highest BCUT2D eigenvalue weighted by Crippen LogP contribution is 2.22. The van der Waals surface area contributed by atoms with Gasteiger partial charge in [-0.15, -0.1) is 0 Å². The Balaban J connectivity index is 2.02. The van der Waals surface area contributed by atoms with E-state index in [1.165, 1.54) is 0 Å². The number of nitrogens with zero attached hydrogens (tertiary/aromatic N) is 3. The van der Waals surface area contributed by atoms with Gasteiger partial charge in [0, 0.05) is 19.6 Å². The van der Waals surface area contributed by atoms with Gasteiger partial charge < -0.3 is 9.64 Å². The van der Waals surface area contributed by atoms with Crippen LogP contribution in [0, 0.1) is 0 Å². The molecule has 1 aliphatic heterocycles. The highest BCUT2D eigenvalue weighted by Gasteiger charge is 2.23. The molecule has 1 fully saturated rings. The first kappa shape index (κ1) is 15.5. The standard InChI is InChI=1S/C14H22ClN3O2/c1-17(2)6-7-18-14(12(15)10-16-18)13(19)9-11-5-3-4-8-20-11/h10-11H,3-9H2,1-2H3. The maximum Gasteiger partial charge on any atom is 0.184 e. The van der Waals surface area contributed by atoms with Gasteiger partial charge in [-0.25, -0.2) is 0 Å². The number of carbonyl (C=O) groups excluding carboxylic acids is 1. The molecule has 1 saturated heterocycles. The Bertz CT molecular complexity index is 453. The molecule has 6 heteroatoms. The fraction of sp³-hybridized carbons (Fsp3) is 0.714. The Labute approximate surface area is 124 Å². The monoisotopic (exact) mass is 299 g/mol. The minimum Gasteiger partial charge on any atom is -0.378 e. The van der Waals surface area contributed by atoms with Crippen LogP contribution in [-0.4, -0.2) is 53.8 Å². The average Bonchev–Trinajstić information content (AvgIpc) is 2.78. The fourth-order valence-corrected chi connectivity index (χ4v) is 2.62. The molecule has 1 aromatic heterocycles. The number of hydrogen-bond acceptors (Lipinski definition) is 4. The molecule has 5 nitrogen and oxygen atoms in total. The molecule has 0 aromatic carbocycles. The molecular weight excluding hydrogens is 278 g/mol. The van der Waals surface area contributed by atoms with Crippen LogP contribution in [0.3, 0.4) is 0 Å². The number of carbonyl (C=O) groups is 1. The van der Waals surface area contributed by atoms with Gasteiger partial charge in [-0.05, 0) is 33.4 Å². The van der Waals surface area contributed by atoms with Gasteiger partial charge in [-0.2, -0.15) is 5.10 Å². The number of aromatic nitrogens is 2. The Hall–Kier alpha value is -0.910. The lowest BCUT2D eigenvalue weighted by molar-refractivity contribution is 0.0127. The number of ether oxygens (including phenoxy) is 1. The van der Waals surface area contributed by atoms with Gasteiger partial charge in [0.25, 0.3) is 0 Å². The minimum absolute atomic E-state index is 0.0261. The molecule has 1 unspecified atom stereocenters. The van der Waals surface area contributed by atoms with Gasteiger partial charge >= 0.3 is 0 Å². The van der Waals surface area contributed by atoms with Gasteiger partial charge in [0.15, 0.2) is 5.78 Å². The summed E-state index contributed by atoms with van der Waals surface area (Å²) < 4.78 is 7.32. The van der Waals surface area contributed by atoms with E-state index in [-0.39, 0.29) is 11.9 Å². The fourth-order valence-electron chi connectivity index (χ4n) is 2.38. The highest BCUT2D eigenvalue weighted by molar-refractivity contribution is 6.33. The lowest BCUT2D eigenvalue weighted by atomic mass is 10.0. The highest BCUT2D eigenvalue weighted by atomic mass is 35.5. The van der Waals surface area contributed by atoms with E-state index in [9.17, 15) is 4.79 Å². The summed E-state index contributed by atoms with van der Waals surface area (Å²) in [7, 11) is 3.98. The molecule has 2 rings (SSSR count). The summed E-state index contributed by atoms with van der Waals surface area (Å²) in [6, 6.07) is 0. The van der Waals surface area contributed by atoms with Crippen molar-refractivity contribution in [1.82, 2.24) is 14.7 Å². The zero-order chi connectivity index (χ0) is 14.5. The van der Waals surface area contributed by atoms with Crippen LogP contribution in [0.2, 0.25) is 5.02 Å². The van der Waals surface area contributed by atoms with Crippen LogP contribution in [0.1, 0.15) is 36.2 Å². The molecule has 0 amide bonds. The van der Waals surface area contributed by atoms with Crippen LogP contribution in [0.15, 0.2) is 6.20 Å². The van der Waals surface area contributed by atoms with E-state index < -0.39 is 0 Å². The quantitative estimate of drug-likeness (QED) is 0.756. The van der Waals surface area contributed by atoms with Crippen LogP contribution in [0.4, 0.5) is 0 Å². The second-order valence-corrected chi connectivity index (χ2v) is 5.89. The molecule has 0 aliphatic carbocycles. The zero-order valence-corrected chi connectivity index (χ0v) is 12.9. The predicted molar refractivity (Wildman–Crippen MR) is 78.3 cm³/mol. The van der Waals surface area contributed by atoms with Crippen molar-refractivity contribution in [3.8, 4) is 0 Å². The van der Waals surface area contributed by atoms with E-state index in [1.807, 2.05) is 19.0 Å². The second kappa shape index (κ2) is 7.20.